The number of amides is 1. The maximum Gasteiger partial charge on any atom is 0.256 e. The van der Waals surface area contributed by atoms with Crippen LogP contribution in [-0.2, 0) is 6.54 Å². The molecule has 218 valence electrons. The van der Waals surface area contributed by atoms with E-state index in [9.17, 15) is 9.59 Å². The van der Waals surface area contributed by atoms with Gasteiger partial charge in [-0.3, -0.25) is 9.59 Å². The minimum Gasteiger partial charge on any atom is -0.491 e. The molecule has 1 amide bonds. The van der Waals surface area contributed by atoms with Gasteiger partial charge in [-0.15, -0.1) is 11.8 Å². The number of rotatable bonds is 19. The van der Waals surface area contributed by atoms with Gasteiger partial charge in [0.1, 0.15) is 0 Å². The highest BCUT2D eigenvalue weighted by molar-refractivity contribution is 8.02. The van der Waals surface area contributed by atoms with Gasteiger partial charge in [-0.1, -0.05) is 102 Å². The molecule has 1 N–H and O–H groups in total. The number of unbranched alkanes of at least 4 members (excludes halogenated alkanes) is 11. The fraction of sp³-hybridized carbons (Fsp3) is 0.529. The van der Waals surface area contributed by atoms with E-state index in [1.807, 2.05) is 30.3 Å². The third kappa shape index (κ3) is 10.3. The zero-order valence-electron chi connectivity index (χ0n) is 24.8. The van der Waals surface area contributed by atoms with Gasteiger partial charge < -0.3 is 15.0 Å². The maximum atomic E-state index is 13.4. The van der Waals surface area contributed by atoms with Crippen molar-refractivity contribution in [2.24, 2.45) is 0 Å². The Hall–Kier alpha value is -2.73. The molecule has 40 heavy (non-hydrogen) atoms. The summed E-state index contributed by atoms with van der Waals surface area (Å²) in [4.78, 5) is 28.1. The minimum absolute atomic E-state index is 0.0741. The molecule has 5 nitrogen and oxygen atoms in total. The topological polar surface area (TPSA) is 58.6 Å². The first-order valence-electron chi connectivity index (χ1n) is 15.2. The number of nitrogens with one attached hydrogen (secondary N) is 1. The second-order valence-corrected chi connectivity index (χ2v) is 11.7. The number of hydrogen-bond acceptors (Lipinski definition) is 5. The van der Waals surface area contributed by atoms with Gasteiger partial charge in [0.05, 0.1) is 23.7 Å². The quantitative estimate of drug-likeness (QED) is 0.136. The van der Waals surface area contributed by atoms with Crippen LogP contribution in [0, 0.1) is 0 Å². The summed E-state index contributed by atoms with van der Waals surface area (Å²) in [5, 5.41) is 5.19. The van der Waals surface area contributed by atoms with Gasteiger partial charge in [-0.25, -0.2) is 0 Å². The Labute approximate surface area is 246 Å². The summed E-state index contributed by atoms with van der Waals surface area (Å²) in [6.45, 7) is 7.10. The average molecular weight is 565 g/mol. The molecule has 0 unspecified atom stereocenters. The standard InChI is InChI=1S/C34H48N2O3S/c1-4-5-6-7-8-9-10-11-12-13-14-17-23-39-33-30(28(3)37)21-18-22-32(33)35-34(38)31-20-16-15-19-29(31)24-36-26-40-25-27(36)2/h15-16,18-22,25H,4-14,17,23-24,26H2,1-3H3,(H,35,38). The lowest BCUT2D eigenvalue weighted by molar-refractivity contribution is 0.100. The predicted molar refractivity (Wildman–Crippen MR) is 169 cm³/mol. The zero-order valence-corrected chi connectivity index (χ0v) is 25.6. The van der Waals surface area contributed by atoms with Crippen molar-refractivity contribution < 1.29 is 14.3 Å². The Morgan fingerprint density at radius 1 is 0.850 bits per heavy atom. The van der Waals surface area contributed by atoms with Crippen molar-refractivity contribution in [1.29, 1.82) is 0 Å². The molecule has 6 heteroatoms. The van der Waals surface area contributed by atoms with E-state index >= 15 is 0 Å². The second-order valence-electron chi connectivity index (χ2n) is 10.8. The number of thioether (sulfide) groups is 1. The van der Waals surface area contributed by atoms with Gasteiger partial charge in [0, 0.05) is 17.8 Å². The lowest BCUT2D eigenvalue weighted by atomic mass is 10.0. The van der Waals surface area contributed by atoms with Crippen LogP contribution in [0.15, 0.2) is 53.6 Å². The van der Waals surface area contributed by atoms with Crippen LogP contribution >= 0.6 is 11.8 Å². The van der Waals surface area contributed by atoms with Crippen LogP contribution in [-0.4, -0.2) is 29.1 Å². The maximum absolute atomic E-state index is 13.4. The van der Waals surface area contributed by atoms with E-state index in [4.69, 9.17) is 4.74 Å². The van der Waals surface area contributed by atoms with Crippen molar-refractivity contribution in [2.45, 2.75) is 104 Å². The number of nitrogens with zero attached hydrogens (tertiary/aromatic N) is 1. The first-order valence-corrected chi connectivity index (χ1v) is 16.3. The molecule has 0 bridgehead atoms. The Morgan fingerprint density at radius 2 is 1.48 bits per heavy atom. The Balaban J connectivity index is 1.50. The fourth-order valence-electron chi connectivity index (χ4n) is 5.05. The second kappa shape index (κ2) is 17.9. The van der Waals surface area contributed by atoms with Crippen LogP contribution in [0.5, 0.6) is 5.75 Å². The molecule has 0 saturated heterocycles. The molecule has 0 saturated carbocycles. The highest BCUT2D eigenvalue weighted by Gasteiger charge is 2.20. The van der Waals surface area contributed by atoms with E-state index in [1.54, 1.807) is 23.9 Å². The van der Waals surface area contributed by atoms with Crippen LogP contribution in [0.25, 0.3) is 0 Å². The van der Waals surface area contributed by atoms with Crippen LogP contribution in [0.4, 0.5) is 5.69 Å². The van der Waals surface area contributed by atoms with Gasteiger partial charge in [-0.05, 0) is 49.4 Å². The number of Topliss-reactive ketones (excluding diaryl/α,β-unsaturated/α-hetero) is 1. The lowest BCUT2D eigenvalue weighted by Gasteiger charge is -2.21. The number of ketones is 1. The molecule has 0 atom stereocenters. The molecule has 0 fully saturated rings. The monoisotopic (exact) mass is 564 g/mol. The van der Waals surface area contributed by atoms with Gasteiger partial charge in [0.15, 0.2) is 11.5 Å². The van der Waals surface area contributed by atoms with Crippen molar-refractivity contribution in [3.63, 3.8) is 0 Å². The molecular weight excluding hydrogens is 516 g/mol. The SMILES string of the molecule is CCCCCCCCCCCCCCOc1c(NC(=O)c2ccccc2CN2CSC=C2C)cccc1C(C)=O. The van der Waals surface area contributed by atoms with E-state index in [1.165, 1.54) is 76.8 Å². The molecule has 3 rings (SSSR count). The highest BCUT2D eigenvalue weighted by atomic mass is 32.2. The van der Waals surface area contributed by atoms with E-state index in [0.29, 0.717) is 35.7 Å². The number of para-hydroxylation sites is 1. The van der Waals surface area contributed by atoms with Crippen LogP contribution in [0.3, 0.4) is 0 Å². The van der Waals surface area contributed by atoms with Crippen molar-refractivity contribution in [2.75, 3.05) is 17.8 Å². The predicted octanol–water partition coefficient (Wildman–Crippen LogP) is 9.59. The third-order valence-corrected chi connectivity index (χ3v) is 8.46. The van der Waals surface area contributed by atoms with E-state index < -0.39 is 0 Å². The van der Waals surface area contributed by atoms with Gasteiger partial charge in [0.25, 0.3) is 5.91 Å². The number of anilines is 1. The minimum atomic E-state index is -0.194. The summed E-state index contributed by atoms with van der Waals surface area (Å²) in [6.07, 6.45) is 15.4. The summed E-state index contributed by atoms with van der Waals surface area (Å²) < 4.78 is 6.16. The van der Waals surface area contributed by atoms with E-state index in [-0.39, 0.29) is 11.7 Å². The summed E-state index contributed by atoms with van der Waals surface area (Å²) in [7, 11) is 0. The van der Waals surface area contributed by atoms with E-state index in [0.717, 1.165) is 24.3 Å². The smallest absolute Gasteiger partial charge is 0.256 e. The van der Waals surface area contributed by atoms with Crippen LogP contribution in [0.2, 0.25) is 0 Å². The van der Waals surface area contributed by atoms with Gasteiger partial charge in [0.2, 0.25) is 0 Å². The highest BCUT2D eigenvalue weighted by Crippen LogP contribution is 2.31. The van der Waals surface area contributed by atoms with Crippen molar-refractivity contribution in [3.8, 4) is 5.75 Å². The Morgan fingerprint density at radius 3 is 2.10 bits per heavy atom. The largest absolute Gasteiger partial charge is 0.491 e. The molecule has 0 radical (unpaired) electrons. The van der Waals surface area contributed by atoms with Crippen molar-refractivity contribution in [3.05, 3.63) is 70.3 Å². The molecule has 1 heterocycles. The van der Waals surface area contributed by atoms with Crippen LogP contribution < -0.4 is 10.1 Å². The van der Waals surface area contributed by atoms with E-state index in [2.05, 4.69) is 29.5 Å². The van der Waals surface area contributed by atoms with Crippen molar-refractivity contribution >= 4 is 29.1 Å². The first kappa shape index (κ1) is 31.8. The fourth-order valence-corrected chi connectivity index (χ4v) is 5.99. The number of hydrogen-bond donors (Lipinski definition) is 1. The molecule has 1 aliphatic heterocycles. The van der Waals surface area contributed by atoms with Crippen LogP contribution in [0.1, 0.15) is 124 Å². The lowest BCUT2D eigenvalue weighted by Crippen LogP contribution is -2.21. The summed E-state index contributed by atoms with van der Waals surface area (Å²) >= 11 is 1.77. The van der Waals surface area contributed by atoms with Gasteiger partial charge >= 0.3 is 0 Å². The molecule has 0 aromatic heterocycles. The first-order chi connectivity index (χ1) is 19.5. The average Bonchev–Trinajstić information content (AvgIpc) is 3.35. The zero-order chi connectivity index (χ0) is 28.6. The molecule has 2 aromatic carbocycles. The molecule has 0 spiro atoms. The Kier molecular flexibility index (Phi) is 14.2. The molecule has 1 aliphatic rings. The Bertz CT molecular complexity index is 1110. The number of allylic oxidation sites excluding steroid dienone is 1. The number of ether oxygens (including phenoxy) is 1. The summed E-state index contributed by atoms with van der Waals surface area (Å²) in [5.41, 5.74) is 3.85. The third-order valence-electron chi connectivity index (χ3n) is 7.49. The molecular formula is C34H48N2O3S. The number of carbonyl (C=O) groups is 2. The normalized spacial score (nSPS) is 12.9. The summed E-state index contributed by atoms with van der Waals surface area (Å²) in [6, 6.07) is 13.1. The summed E-state index contributed by atoms with van der Waals surface area (Å²) in [5.74, 6) is 1.09. The van der Waals surface area contributed by atoms with Crippen molar-refractivity contribution in [1.82, 2.24) is 4.90 Å². The van der Waals surface area contributed by atoms with Gasteiger partial charge in [-0.2, -0.15) is 0 Å². The molecule has 0 aliphatic carbocycles. The number of carbonyl (C=O) groups excluding carboxylic acids is 2. The molecule has 2 aromatic rings. The number of benzene rings is 2.